The maximum Gasteiger partial charge on any atom is 0.185 e. The van der Waals surface area contributed by atoms with Gasteiger partial charge in [0, 0.05) is 5.56 Å². The van der Waals surface area contributed by atoms with Crippen molar-refractivity contribution in [1.29, 1.82) is 0 Å². The molecule has 0 amide bonds. The molecular weight excluding hydrogens is 228 g/mol. The summed E-state index contributed by atoms with van der Waals surface area (Å²) in [7, 11) is 1.66. The molecule has 1 aromatic carbocycles. The normalized spacial score (nSPS) is 29.9. The number of allylic oxidation sites excluding steroid dienone is 2. The highest BCUT2D eigenvalue weighted by atomic mass is 16.7. The van der Waals surface area contributed by atoms with Crippen molar-refractivity contribution in [3.05, 3.63) is 53.6 Å². The number of benzene rings is 1. The van der Waals surface area contributed by atoms with Crippen LogP contribution in [0.2, 0.25) is 0 Å². The van der Waals surface area contributed by atoms with E-state index in [-0.39, 0.29) is 18.5 Å². The molecule has 0 bridgehead atoms. The molecule has 0 aromatic heterocycles. The van der Waals surface area contributed by atoms with E-state index in [1.54, 1.807) is 7.11 Å². The van der Waals surface area contributed by atoms with Gasteiger partial charge in [0.25, 0.3) is 0 Å². The molecule has 0 spiro atoms. The summed E-state index contributed by atoms with van der Waals surface area (Å²) in [5.74, 6) is 0.838. The van der Waals surface area contributed by atoms with Crippen LogP contribution in [0.3, 0.4) is 0 Å². The van der Waals surface area contributed by atoms with E-state index in [9.17, 15) is 0 Å². The Bertz CT molecular complexity index is 487. The number of ether oxygens (including phenoxy) is 3. The lowest BCUT2D eigenvalue weighted by Crippen LogP contribution is -2.23. The van der Waals surface area contributed by atoms with Crippen LogP contribution in [0, 0.1) is 0 Å². The molecule has 3 atom stereocenters. The molecule has 3 nitrogen and oxygen atoms in total. The zero-order valence-corrected chi connectivity index (χ0v) is 10.5. The Morgan fingerprint density at radius 3 is 2.56 bits per heavy atom. The number of rotatable bonds is 2. The minimum absolute atomic E-state index is 0.0297. The number of fused-ring (bicyclic) bond motifs is 1. The van der Waals surface area contributed by atoms with Crippen molar-refractivity contribution in [3.63, 3.8) is 0 Å². The summed E-state index contributed by atoms with van der Waals surface area (Å²) < 4.78 is 17.0. The van der Waals surface area contributed by atoms with E-state index in [1.807, 2.05) is 36.4 Å². The van der Waals surface area contributed by atoms with Gasteiger partial charge in [0.05, 0.1) is 7.11 Å². The zero-order valence-electron chi connectivity index (χ0n) is 10.5. The zero-order chi connectivity index (χ0) is 12.5. The molecule has 18 heavy (non-hydrogen) atoms. The summed E-state index contributed by atoms with van der Waals surface area (Å²) in [5, 5.41) is 0. The van der Waals surface area contributed by atoms with Crippen LogP contribution in [0.1, 0.15) is 18.8 Å². The van der Waals surface area contributed by atoms with Crippen molar-refractivity contribution in [2.75, 3.05) is 7.11 Å². The van der Waals surface area contributed by atoms with Crippen LogP contribution in [-0.4, -0.2) is 19.3 Å². The van der Waals surface area contributed by atoms with E-state index < -0.39 is 0 Å². The molecule has 0 unspecified atom stereocenters. The molecule has 1 heterocycles. The van der Waals surface area contributed by atoms with Crippen LogP contribution in [0.5, 0.6) is 5.75 Å². The molecule has 3 heteroatoms. The van der Waals surface area contributed by atoms with Crippen molar-refractivity contribution >= 4 is 0 Å². The van der Waals surface area contributed by atoms with Gasteiger partial charge in [-0.05, 0) is 24.6 Å². The van der Waals surface area contributed by atoms with Crippen molar-refractivity contribution in [2.24, 2.45) is 0 Å². The molecule has 1 aromatic rings. The second-order valence-corrected chi connectivity index (χ2v) is 4.56. The lowest BCUT2D eigenvalue weighted by atomic mass is 10.0. The lowest BCUT2D eigenvalue weighted by Gasteiger charge is -2.16. The first-order valence-electron chi connectivity index (χ1n) is 6.08. The fraction of sp³-hybridized carbons (Fsp3) is 0.333. The fourth-order valence-electron chi connectivity index (χ4n) is 2.30. The van der Waals surface area contributed by atoms with Crippen LogP contribution in [-0.2, 0) is 9.47 Å². The maximum atomic E-state index is 5.95. The molecule has 1 saturated heterocycles. The molecule has 3 rings (SSSR count). The summed E-state index contributed by atoms with van der Waals surface area (Å²) in [5.41, 5.74) is 2.23. The third-order valence-corrected chi connectivity index (χ3v) is 3.35. The topological polar surface area (TPSA) is 27.7 Å². The molecule has 0 saturated carbocycles. The van der Waals surface area contributed by atoms with E-state index in [2.05, 4.69) is 13.0 Å². The third kappa shape index (κ3) is 1.96. The van der Waals surface area contributed by atoms with Crippen molar-refractivity contribution < 1.29 is 14.2 Å². The van der Waals surface area contributed by atoms with Gasteiger partial charge in [0.1, 0.15) is 18.0 Å². The number of hydrogen-bond acceptors (Lipinski definition) is 3. The highest BCUT2D eigenvalue weighted by Gasteiger charge is 2.37. The van der Waals surface area contributed by atoms with Crippen LogP contribution < -0.4 is 4.74 Å². The maximum absolute atomic E-state index is 5.95. The monoisotopic (exact) mass is 244 g/mol. The minimum Gasteiger partial charge on any atom is -0.497 e. The second kappa shape index (κ2) is 4.59. The quantitative estimate of drug-likeness (QED) is 0.800. The average molecular weight is 244 g/mol. The van der Waals surface area contributed by atoms with Gasteiger partial charge in [-0.3, -0.25) is 0 Å². The van der Waals surface area contributed by atoms with Gasteiger partial charge >= 0.3 is 0 Å². The largest absolute Gasteiger partial charge is 0.497 e. The van der Waals surface area contributed by atoms with Gasteiger partial charge in [-0.25, -0.2) is 0 Å². The Hall–Kier alpha value is -1.58. The van der Waals surface area contributed by atoms with Crippen molar-refractivity contribution in [1.82, 2.24) is 0 Å². The van der Waals surface area contributed by atoms with Crippen LogP contribution in [0.25, 0.3) is 0 Å². The highest BCUT2D eigenvalue weighted by molar-refractivity contribution is 5.30. The second-order valence-electron chi connectivity index (χ2n) is 4.56. The molecule has 94 valence electrons. The SMILES string of the molecule is COc1ccc([C@H]2O[C@H]3C=CC=C(C)[C@H]3O2)cc1. The van der Waals surface area contributed by atoms with Gasteiger partial charge in [-0.1, -0.05) is 30.4 Å². The summed E-state index contributed by atoms with van der Waals surface area (Å²) >= 11 is 0. The number of hydrogen-bond donors (Lipinski definition) is 0. The van der Waals surface area contributed by atoms with E-state index in [0.29, 0.717) is 0 Å². The Morgan fingerprint density at radius 1 is 1.11 bits per heavy atom. The van der Waals surface area contributed by atoms with Crippen LogP contribution >= 0.6 is 0 Å². The Labute approximate surface area is 107 Å². The molecule has 1 aliphatic carbocycles. The third-order valence-electron chi connectivity index (χ3n) is 3.35. The van der Waals surface area contributed by atoms with E-state index >= 15 is 0 Å². The van der Waals surface area contributed by atoms with Gasteiger partial charge in [0.2, 0.25) is 0 Å². The molecule has 2 aliphatic rings. The first-order valence-corrected chi connectivity index (χ1v) is 6.08. The predicted molar refractivity (Wildman–Crippen MR) is 68.4 cm³/mol. The van der Waals surface area contributed by atoms with Crippen molar-refractivity contribution in [3.8, 4) is 5.75 Å². The van der Waals surface area contributed by atoms with Gasteiger partial charge < -0.3 is 14.2 Å². The van der Waals surface area contributed by atoms with Crippen LogP contribution in [0.15, 0.2) is 48.1 Å². The van der Waals surface area contributed by atoms with E-state index in [0.717, 1.165) is 11.3 Å². The van der Waals surface area contributed by atoms with Gasteiger partial charge in [-0.15, -0.1) is 0 Å². The van der Waals surface area contributed by atoms with Gasteiger partial charge in [0.15, 0.2) is 6.29 Å². The van der Waals surface area contributed by atoms with E-state index in [4.69, 9.17) is 14.2 Å². The Morgan fingerprint density at radius 2 is 1.89 bits per heavy atom. The van der Waals surface area contributed by atoms with Gasteiger partial charge in [-0.2, -0.15) is 0 Å². The first-order chi connectivity index (χ1) is 8.78. The van der Waals surface area contributed by atoms with Crippen LogP contribution in [0.4, 0.5) is 0 Å². The lowest BCUT2D eigenvalue weighted by molar-refractivity contribution is -0.0607. The Kier molecular flexibility index (Phi) is 2.94. The molecule has 1 fully saturated rings. The minimum atomic E-state index is -0.294. The summed E-state index contributed by atoms with van der Waals surface area (Å²) in [4.78, 5) is 0. The number of methoxy groups -OCH3 is 1. The van der Waals surface area contributed by atoms with Crippen molar-refractivity contribution in [2.45, 2.75) is 25.4 Å². The standard InChI is InChI=1S/C15H16O3/c1-10-4-3-5-13-14(10)18-15(17-13)11-6-8-12(16-2)9-7-11/h3-9,13-15H,1-2H3/t13-,14+,15-/m0/s1. The summed E-state index contributed by atoms with van der Waals surface area (Å²) in [6.07, 6.45) is 5.92. The molecule has 0 N–H and O–H groups in total. The molecule has 1 aliphatic heterocycles. The van der Waals surface area contributed by atoms with E-state index in [1.165, 1.54) is 5.57 Å². The highest BCUT2D eigenvalue weighted by Crippen LogP contribution is 2.36. The Balaban J connectivity index is 1.79. The predicted octanol–water partition coefficient (Wildman–Crippen LogP) is 2.99. The fourth-order valence-corrected chi connectivity index (χ4v) is 2.30. The average Bonchev–Trinajstić information content (AvgIpc) is 2.84. The first kappa shape index (κ1) is 11.5. The summed E-state index contributed by atoms with van der Waals surface area (Å²) in [6, 6.07) is 7.79. The molecule has 0 radical (unpaired) electrons. The molecular formula is C15H16O3. The summed E-state index contributed by atoms with van der Waals surface area (Å²) in [6.45, 7) is 2.07. The smallest absolute Gasteiger partial charge is 0.185 e.